The average Bonchev–Trinajstić information content (AvgIpc) is 2.64. The van der Waals surface area contributed by atoms with Crippen molar-refractivity contribution in [3.63, 3.8) is 0 Å². The zero-order valence-electron chi connectivity index (χ0n) is 13.6. The van der Waals surface area contributed by atoms with E-state index in [-0.39, 0.29) is 6.61 Å². The lowest BCUT2D eigenvalue weighted by Crippen LogP contribution is -2.04. The summed E-state index contributed by atoms with van der Waals surface area (Å²) < 4.78 is 16.2. The molecule has 0 unspecified atom stereocenters. The number of fused-ring (bicyclic) bond motifs is 1. The highest BCUT2D eigenvalue weighted by atomic mass is 16.5. The summed E-state index contributed by atoms with van der Waals surface area (Å²) in [6.07, 6.45) is 3.83. The van der Waals surface area contributed by atoms with Gasteiger partial charge in [0.05, 0.1) is 7.11 Å². The maximum absolute atomic E-state index is 11.8. The number of carbonyl (C=O) groups is 1. The molecule has 0 radical (unpaired) electrons. The maximum atomic E-state index is 11.8. The van der Waals surface area contributed by atoms with E-state index in [0.717, 1.165) is 22.8 Å². The SMILES string of the molecule is COc1ccc2c(COc3cccc(/C=C/C=O)c3)cc(=O)oc2c1. The predicted octanol–water partition coefficient (Wildman–Crippen LogP) is 3.59. The van der Waals surface area contributed by atoms with Gasteiger partial charge in [-0.15, -0.1) is 0 Å². The van der Waals surface area contributed by atoms with Gasteiger partial charge in [0.2, 0.25) is 0 Å². The minimum Gasteiger partial charge on any atom is -0.497 e. The van der Waals surface area contributed by atoms with E-state index in [1.54, 1.807) is 25.3 Å². The molecule has 0 fully saturated rings. The van der Waals surface area contributed by atoms with Crippen LogP contribution in [0.5, 0.6) is 11.5 Å². The molecule has 0 saturated heterocycles. The molecule has 1 heterocycles. The summed E-state index contributed by atoms with van der Waals surface area (Å²) in [5.41, 5.74) is 1.59. The second kappa shape index (κ2) is 7.49. The van der Waals surface area contributed by atoms with E-state index >= 15 is 0 Å². The summed E-state index contributed by atoms with van der Waals surface area (Å²) in [6.45, 7) is 0.218. The van der Waals surface area contributed by atoms with Crippen molar-refractivity contribution in [2.24, 2.45) is 0 Å². The molecule has 0 spiro atoms. The molecule has 126 valence electrons. The van der Waals surface area contributed by atoms with Crippen LogP contribution in [-0.4, -0.2) is 13.4 Å². The highest BCUT2D eigenvalue weighted by Gasteiger charge is 2.08. The number of hydrogen-bond acceptors (Lipinski definition) is 5. The van der Waals surface area contributed by atoms with Crippen molar-refractivity contribution in [3.8, 4) is 11.5 Å². The van der Waals surface area contributed by atoms with Crippen molar-refractivity contribution in [2.75, 3.05) is 7.11 Å². The van der Waals surface area contributed by atoms with Crippen molar-refractivity contribution in [3.05, 3.63) is 76.2 Å². The lowest BCUT2D eigenvalue weighted by Gasteiger charge is -2.09. The lowest BCUT2D eigenvalue weighted by molar-refractivity contribution is -0.104. The molecule has 2 aromatic carbocycles. The first-order chi connectivity index (χ1) is 12.2. The molecule has 0 aliphatic carbocycles. The highest BCUT2D eigenvalue weighted by molar-refractivity contribution is 5.81. The number of benzene rings is 2. The number of hydrogen-bond donors (Lipinski definition) is 0. The molecule has 0 saturated carbocycles. The molecular formula is C20H16O5. The molecule has 3 rings (SSSR count). The fraction of sp³-hybridized carbons (Fsp3) is 0.100. The first-order valence-electron chi connectivity index (χ1n) is 7.65. The molecule has 0 amide bonds. The van der Waals surface area contributed by atoms with Crippen LogP contribution in [0.2, 0.25) is 0 Å². The van der Waals surface area contributed by atoms with Gasteiger partial charge in [0.1, 0.15) is 30.0 Å². The summed E-state index contributed by atoms with van der Waals surface area (Å²) in [5, 5.41) is 0.789. The average molecular weight is 336 g/mol. The molecule has 0 bridgehead atoms. The Bertz CT molecular complexity index is 985. The molecule has 0 aliphatic rings. The van der Waals surface area contributed by atoms with E-state index < -0.39 is 5.63 Å². The molecule has 0 atom stereocenters. The molecule has 0 N–H and O–H groups in total. The van der Waals surface area contributed by atoms with E-state index in [4.69, 9.17) is 13.9 Å². The Morgan fingerprint density at radius 3 is 2.76 bits per heavy atom. The van der Waals surface area contributed by atoms with E-state index in [9.17, 15) is 9.59 Å². The van der Waals surface area contributed by atoms with Crippen molar-refractivity contribution < 1.29 is 18.7 Å². The molecule has 0 aliphatic heterocycles. The van der Waals surface area contributed by atoms with Gasteiger partial charge in [-0.3, -0.25) is 4.79 Å². The summed E-state index contributed by atoms with van der Waals surface area (Å²) >= 11 is 0. The van der Waals surface area contributed by atoms with Gasteiger partial charge >= 0.3 is 5.63 Å². The number of ether oxygens (including phenoxy) is 2. The number of methoxy groups -OCH3 is 1. The number of allylic oxidation sites excluding steroid dienone is 1. The summed E-state index contributed by atoms with van der Waals surface area (Å²) in [7, 11) is 1.55. The van der Waals surface area contributed by atoms with Gasteiger partial charge in [0.25, 0.3) is 0 Å². The largest absolute Gasteiger partial charge is 0.497 e. The highest BCUT2D eigenvalue weighted by Crippen LogP contribution is 2.24. The predicted molar refractivity (Wildman–Crippen MR) is 94.9 cm³/mol. The normalized spacial score (nSPS) is 10.9. The third-order valence-corrected chi connectivity index (χ3v) is 3.66. The van der Waals surface area contributed by atoms with Crippen molar-refractivity contribution in [1.82, 2.24) is 0 Å². The van der Waals surface area contributed by atoms with Crippen LogP contribution in [0, 0.1) is 0 Å². The second-order valence-electron chi connectivity index (χ2n) is 5.31. The van der Waals surface area contributed by atoms with Crippen molar-refractivity contribution in [2.45, 2.75) is 6.61 Å². The third-order valence-electron chi connectivity index (χ3n) is 3.66. The Balaban J connectivity index is 1.87. The number of rotatable bonds is 6. The monoisotopic (exact) mass is 336 g/mol. The first kappa shape index (κ1) is 16.5. The van der Waals surface area contributed by atoms with Crippen molar-refractivity contribution in [1.29, 1.82) is 0 Å². The van der Waals surface area contributed by atoms with E-state index in [2.05, 4.69) is 0 Å². The Labute approximate surface area is 144 Å². The van der Waals surface area contributed by atoms with Crippen LogP contribution >= 0.6 is 0 Å². The minimum atomic E-state index is -0.443. The van der Waals surface area contributed by atoms with E-state index in [1.807, 2.05) is 30.3 Å². The van der Waals surface area contributed by atoms with Crippen LogP contribution in [0.15, 0.2) is 63.8 Å². The van der Waals surface area contributed by atoms with E-state index in [1.165, 1.54) is 12.1 Å². The Kier molecular flexibility index (Phi) is 4.95. The van der Waals surface area contributed by atoms with Crippen molar-refractivity contribution >= 4 is 23.3 Å². The Morgan fingerprint density at radius 1 is 1.08 bits per heavy atom. The van der Waals surface area contributed by atoms with Gasteiger partial charge in [0.15, 0.2) is 0 Å². The fourth-order valence-corrected chi connectivity index (χ4v) is 2.48. The summed E-state index contributed by atoms with van der Waals surface area (Å²) in [5.74, 6) is 1.26. The fourth-order valence-electron chi connectivity index (χ4n) is 2.48. The van der Waals surface area contributed by atoms with Gasteiger partial charge in [-0.1, -0.05) is 18.2 Å². The van der Waals surface area contributed by atoms with Gasteiger partial charge < -0.3 is 13.9 Å². The Hall–Kier alpha value is -3.34. The zero-order chi connectivity index (χ0) is 17.6. The summed E-state index contributed by atoms with van der Waals surface area (Å²) in [4.78, 5) is 22.2. The Morgan fingerprint density at radius 2 is 1.96 bits per heavy atom. The molecular weight excluding hydrogens is 320 g/mol. The minimum absolute atomic E-state index is 0.218. The van der Waals surface area contributed by atoms with Crippen LogP contribution in [-0.2, 0) is 11.4 Å². The number of carbonyl (C=O) groups excluding carboxylic acids is 1. The smallest absolute Gasteiger partial charge is 0.336 e. The van der Waals surface area contributed by atoms with E-state index in [0.29, 0.717) is 17.1 Å². The van der Waals surface area contributed by atoms with Gasteiger partial charge in [-0.2, -0.15) is 0 Å². The third kappa shape index (κ3) is 3.95. The molecule has 5 nitrogen and oxygen atoms in total. The number of aldehydes is 1. The molecule has 1 aromatic heterocycles. The van der Waals surface area contributed by atoms with Crippen LogP contribution in [0.4, 0.5) is 0 Å². The van der Waals surface area contributed by atoms with Crippen LogP contribution < -0.4 is 15.1 Å². The molecule has 5 heteroatoms. The summed E-state index contributed by atoms with van der Waals surface area (Å²) in [6, 6.07) is 14.1. The first-order valence-corrected chi connectivity index (χ1v) is 7.65. The van der Waals surface area contributed by atoms with Gasteiger partial charge in [0, 0.05) is 23.1 Å². The van der Waals surface area contributed by atoms with Crippen LogP contribution in [0.1, 0.15) is 11.1 Å². The van der Waals surface area contributed by atoms with Gasteiger partial charge in [-0.05, 0) is 35.9 Å². The van der Waals surface area contributed by atoms with Gasteiger partial charge in [-0.25, -0.2) is 4.79 Å². The quantitative estimate of drug-likeness (QED) is 0.391. The molecule has 3 aromatic rings. The second-order valence-corrected chi connectivity index (χ2v) is 5.31. The zero-order valence-corrected chi connectivity index (χ0v) is 13.6. The standard InChI is InChI=1S/C20H16O5/c1-23-16-7-8-18-15(11-20(22)25-19(18)12-16)13-24-17-6-2-4-14(10-17)5-3-9-21/h2-12H,13H2,1H3/b5-3+. The maximum Gasteiger partial charge on any atom is 0.336 e. The molecule has 25 heavy (non-hydrogen) atoms. The topological polar surface area (TPSA) is 65.7 Å². The van der Waals surface area contributed by atoms with Crippen LogP contribution in [0.25, 0.3) is 17.0 Å². The van der Waals surface area contributed by atoms with Crippen LogP contribution in [0.3, 0.4) is 0 Å². The lowest BCUT2D eigenvalue weighted by atomic mass is 10.1.